The van der Waals surface area contributed by atoms with Crippen molar-refractivity contribution >= 4 is 5.71 Å². The molecule has 3 aromatic carbocycles. The van der Waals surface area contributed by atoms with Crippen molar-refractivity contribution in [2.75, 3.05) is 7.05 Å². The molecular weight excluding hydrogens is 436 g/mol. The summed E-state index contributed by atoms with van der Waals surface area (Å²) in [5.41, 5.74) is 12.0. The highest BCUT2D eigenvalue weighted by molar-refractivity contribution is 6.09. The van der Waals surface area contributed by atoms with Crippen LogP contribution in [0.5, 0.6) is 0 Å². The van der Waals surface area contributed by atoms with E-state index >= 15 is 0 Å². The Morgan fingerprint density at radius 3 is 2.36 bits per heavy atom. The number of hydrogen-bond donors (Lipinski definition) is 1. The molecule has 0 bridgehead atoms. The van der Waals surface area contributed by atoms with Gasteiger partial charge < -0.3 is 4.98 Å². The fraction of sp³-hybridized carbons (Fsp3) is 0.265. The molecule has 0 saturated carbocycles. The molecule has 4 aromatic rings. The highest BCUT2D eigenvalue weighted by Gasteiger charge is 2.34. The first-order chi connectivity index (χ1) is 17.4. The smallest absolute Gasteiger partial charge is 0.210 e. The van der Waals surface area contributed by atoms with E-state index in [2.05, 4.69) is 135 Å². The first-order valence-corrected chi connectivity index (χ1v) is 13.1. The molecule has 0 aliphatic carbocycles. The van der Waals surface area contributed by atoms with Gasteiger partial charge >= 0.3 is 0 Å². The summed E-state index contributed by atoms with van der Waals surface area (Å²) in [4.78, 5) is 3.45. The maximum absolute atomic E-state index is 3.45. The molecule has 0 amide bonds. The first-order valence-electron chi connectivity index (χ1n) is 13.1. The van der Waals surface area contributed by atoms with Gasteiger partial charge in [-0.2, -0.15) is 0 Å². The lowest BCUT2D eigenvalue weighted by atomic mass is 9.75. The van der Waals surface area contributed by atoms with Crippen LogP contribution in [0.2, 0.25) is 0 Å². The molecule has 1 aromatic heterocycles. The zero-order valence-electron chi connectivity index (χ0n) is 22.2. The van der Waals surface area contributed by atoms with Crippen LogP contribution in [0.25, 0.3) is 11.3 Å². The predicted molar refractivity (Wildman–Crippen MR) is 152 cm³/mol. The average molecular weight is 474 g/mol. The van der Waals surface area contributed by atoms with Gasteiger partial charge in [0.25, 0.3) is 0 Å². The van der Waals surface area contributed by atoms with Gasteiger partial charge in [0.1, 0.15) is 7.05 Å². The van der Waals surface area contributed by atoms with E-state index in [0.717, 1.165) is 12.8 Å². The van der Waals surface area contributed by atoms with Gasteiger partial charge in [0.2, 0.25) is 5.71 Å². The molecule has 2 nitrogen and oxygen atoms in total. The van der Waals surface area contributed by atoms with Gasteiger partial charge in [-0.05, 0) is 78.3 Å². The summed E-state index contributed by atoms with van der Waals surface area (Å²) in [6, 6.07) is 31.3. The van der Waals surface area contributed by atoms with E-state index in [0.29, 0.717) is 0 Å². The van der Waals surface area contributed by atoms with E-state index in [1.165, 1.54) is 50.4 Å². The van der Waals surface area contributed by atoms with E-state index < -0.39 is 0 Å². The number of hydrogen-bond acceptors (Lipinski definition) is 0. The van der Waals surface area contributed by atoms with Crippen LogP contribution in [-0.2, 0) is 18.3 Å². The van der Waals surface area contributed by atoms with Crippen LogP contribution in [0, 0.1) is 0 Å². The van der Waals surface area contributed by atoms with Gasteiger partial charge in [0, 0.05) is 34.2 Å². The SMILES string of the molecule is CCc1ccc(C(C)(C)Cc2ccccc2C2C=C(C)C(c3ccccc3)=[N+]2C)c(-c2ccc[nH]2)c1. The number of benzene rings is 3. The van der Waals surface area contributed by atoms with Crippen LogP contribution >= 0.6 is 0 Å². The average Bonchev–Trinajstić information content (AvgIpc) is 3.52. The monoisotopic (exact) mass is 473 g/mol. The molecule has 2 heteroatoms. The van der Waals surface area contributed by atoms with E-state index in [1.54, 1.807) is 0 Å². The van der Waals surface area contributed by atoms with Crippen LogP contribution in [-0.4, -0.2) is 22.3 Å². The van der Waals surface area contributed by atoms with Crippen molar-refractivity contribution in [2.24, 2.45) is 0 Å². The number of likely N-dealkylation sites (N-methyl/N-ethyl adjacent to an activating group) is 1. The third-order valence-corrected chi connectivity index (χ3v) is 7.71. The summed E-state index contributed by atoms with van der Waals surface area (Å²) in [7, 11) is 2.23. The summed E-state index contributed by atoms with van der Waals surface area (Å²) >= 11 is 0. The first kappa shape index (κ1) is 24.1. The lowest BCUT2D eigenvalue weighted by Crippen LogP contribution is -2.24. The maximum Gasteiger partial charge on any atom is 0.210 e. The minimum Gasteiger partial charge on any atom is -0.361 e. The molecule has 2 heterocycles. The second kappa shape index (κ2) is 9.78. The Morgan fingerprint density at radius 2 is 1.64 bits per heavy atom. The van der Waals surface area contributed by atoms with Crippen LogP contribution < -0.4 is 0 Å². The second-order valence-electron chi connectivity index (χ2n) is 10.7. The van der Waals surface area contributed by atoms with E-state index in [-0.39, 0.29) is 11.5 Å². The second-order valence-corrected chi connectivity index (χ2v) is 10.7. The van der Waals surface area contributed by atoms with Crippen LogP contribution in [0.15, 0.2) is 103 Å². The van der Waals surface area contributed by atoms with Crippen molar-refractivity contribution in [3.05, 3.63) is 131 Å². The molecular formula is C34H37N2+. The standard InChI is InChI=1S/C34H37N2/c1-6-25-18-19-30(29(22-25)31-17-12-20-35-31)34(3,4)23-27-15-10-11-16-28(27)32-21-24(2)33(36(32)5)26-13-8-7-9-14-26/h7-22,32,35H,6,23H2,1-5H3/q+1. The Bertz CT molecular complexity index is 1420. The van der Waals surface area contributed by atoms with Crippen molar-refractivity contribution in [1.29, 1.82) is 0 Å². The van der Waals surface area contributed by atoms with Gasteiger partial charge in [0.15, 0.2) is 6.04 Å². The fourth-order valence-corrected chi connectivity index (χ4v) is 5.85. The molecule has 0 radical (unpaired) electrons. The van der Waals surface area contributed by atoms with E-state index in [1.807, 2.05) is 6.20 Å². The van der Waals surface area contributed by atoms with Gasteiger partial charge in [-0.15, -0.1) is 0 Å². The van der Waals surface area contributed by atoms with Gasteiger partial charge in [-0.1, -0.05) is 75.4 Å². The number of allylic oxidation sites excluding steroid dienone is 1. The Hall–Kier alpha value is -3.65. The Morgan fingerprint density at radius 1 is 0.889 bits per heavy atom. The summed E-state index contributed by atoms with van der Waals surface area (Å²) in [5, 5.41) is 0. The summed E-state index contributed by atoms with van der Waals surface area (Å²) in [6.07, 6.45) is 6.46. The molecule has 0 saturated heterocycles. The largest absolute Gasteiger partial charge is 0.361 e. The zero-order chi connectivity index (χ0) is 25.3. The van der Waals surface area contributed by atoms with Gasteiger partial charge in [-0.25, -0.2) is 4.58 Å². The maximum atomic E-state index is 3.45. The third kappa shape index (κ3) is 4.48. The van der Waals surface area contributed by atoms with Crippen molar-refractivity contribution in [1.82, 2.24) is 4.98 Å². The Labute approximate surface area is 216 Å². The topological polar surface area (TPSA) is 18.8 Å². The van der Waals surface area contributed by atoms with Crippen molar-refractivity contribution < 1.29 is 4.58 Å². The number of H-pyrrole nitrogens is 1. The normalized spacial score (nSPS) is 15.9. The number of nitrogens with one attached hydrogen (secondary N) is 1. The lowest BCUT2D eigenvalue weighted by molar-refractivity contribution is -0.527. The number of aryl methyl sites for hydroxylation is 1. The van der Waals surface area contributed by atoms with Crippen LogP contribution in [0.1, 0.15) is 61.6 Å². The molecule has 36 heavy (non-hydrogen) atoms. The summed E-state index contributed by atoms with van der Waals surface area (Å²) in [6.45, 7) is 9.24. The molecule has 0 fully saturated rings. The number of aromatic amines is 1. The van der Waals surface area contributed by atoms with Crippen molar-refractivity contribution in [3.8, 4) is 11.3 Å². The molecule has 1 unspecified atom stereocenters. The lowest BCUT2D eigenvalue weighted by Gasteiger charge is -2.29. The van der Waals surface area contributed by atoms with E-state index in [9.17, 15) is 0 Å². The molecule has 1 N–H and O–H groups in total. The highest BCUT2D eigenvalue weighted by atomic mass is 15.0. The Balaban J connectivity index is 1.54. The number of aromatic nitrogens is 1. The number of rotatable bonds is 7. The number of nitrogens with zero attached hydrogens (tertiary/aromatic N) is 1. The Kier molecular flexibility index (Phi) is 6.53. The minimum atomic E-state index is -0.0370. The van der Waals surface area contributed by atoms with E-state index in [4.69, 9.17) is 0 Å². The predicted octanol–water partition coefficient (Wildman–Crippen LogP) is 7.90. The summed E-state index contributed by atoms with van der Waals surface area (Å²) < 4.78 is 2.44. The van der Waals surface area contributed by atoms with Gasteiger partial charge in [-0.3, -0.25) is 0 Å². The summed E-state index contributed by atoms with van der Waals surface area (Å²) in [5.74, 6) is 0. The highest BCUT2D eigenvalue weighted by Crippen LogP contribution is 2.38. The molecule has 5 rings (SSSR count). The third-order valence-electron chi connectivity index (χ3n) is 7.71. The zero-order valence-corrected chi connectivity index (χ0v) is 22.2. The van der Waals surface area contributed by atoms with Crippen LogP contribution in [0.3, 0.4) is 0 Å². The van der Waals surface area contributed by atoms with Crippen molar-refractivity contribution in [3.63, 3.8) is 0 Å². The fourth-order valence-electron chi connectivity index (χ4n) is 5.85. The van der Waals surface area contributed by atoms with Gasteiger partial charge in [0.05, 0.1) is 0 Å². The molecule has 1 aliphatic rings. The quantitative estimate of drug-likeness (QED) is 0.263. The molecule has 1 aliphatic heterocycles. The molecule has 1 atom stereocenters. The molecule has 182 valence electrons. The van der Waals surface area contributed by atoms with Crippen LogP contribution in [0.4, 0.5) is 0 Å². The van der Waals surface area contributed by atoms with Crippen molar-refractivity contribution in [2.45, 2.75) is 52.0 Å². The molecule has 0 spiro atoms. The minimum absolute atomic E-state index is 0.0370.